The maximum Gasteiger partial charge on any atom is 0.304 e. The van der Waals surface area contributed by atoms with Crippen molar-refractivity contribution in [2.45, 2.75) is 104 Å². The van der Waals surface area contributed by atoms with E-state index in [0.717, 1.165) is 25.2 Å². The minimum Gasteiger partial charge on any atom is -0.481 e. The first-order chi connectivity index (χ1) is 14.3. The standard InChI is InChI=1S/C19H30N6O3.C2H6/c1-19(2,3)25-17(21-23-24-25)16-20-18(28-22-16)14(12-15(26)27)11-7-10-13-8-5-4-6-9-13;1-2/h13-14H,4-12H2,1-3H3,(H,26,27);1-2H3. The van der Waals surface area contributed by atoms with Gasteiger partial charge in [0.25, 0.3) is 0 Å². The molecule has 1 aliphatic carbocycles. The molecule has 1 atom stereocenters. The van der Waals surface area contributed by atoms with Crippen molar-refractivity contribution in [3.63, 3.8) is 0 Å². The average molecular weight is 421 g/mol. The Hall–Kier alpha value is -2.32. The SMILES string of the molecule is CC.CC(C)(C)n1nnnc1-c1noc(C(CCCC2CCCCC2)CC(=O)O)n1. The number of carboxylic acid groups (broad SMARTS) is 1. The second kappa shape index (κ2) is 11.2. The van der Waals surface area contributed by atoms with Gasteiger partial charge < -0.3 is 9.63 Å². The van der Waals surface area contributed by atoms with E-state index in [2.05, 4.69) is 25.7 Å². The Bertz CT molecular complexity index is 774. The smallest absolute Gasteiger partial charge is 0.304 e. The van der Waals surface area contributed by atoms with Crippen LogP contribution in [0.15, 0.2) is 4.52 Å². The lowest BCUT2D eigenvalue weighted by Gasteiger charge is -2.21. The molecule has 2 heterocycles. The molecule has 30 heavy (non-hydrogen) atoms. The molecule has 0 spiro atoms. The third kappa shape index (κ3) is 6.60. The van der Waals surface area contributed by atoms with Crippen molar-refractivity contribution in [2.24, 2.45) is 5.92 Å². The zero-order chi connectivity index (χ0) is 22.1. The van der Waals surface area contributed by atoms with E-state index in [1.54, 1.807) is 4.68 Å². The van der Waals surface area contributed by atoms with Crippen LogP contribution in [0.1, 0.15) is 104 Å². The monoisotopic (exact) mass is 420 g/mol. The fourth-order valence-electron chi connectivity index (χ4n) is 3.92. The predicted octanol–water partition coefficient (Wildman–Crippen LogP) is 4.81. The molecular formula is C21H36N6O3. The summed E-state index contributed by atoms with van der Waals surface area (Å²) in [5.74, 6) is 0.679. The number of carboxylic acids is 1. The van der Waals surface area contributed by atoms with Gasteiger partial charge in [0, 0.05) is 5.92 Å². The summed E-state index contributed by atoms with van der Waals surface area (Å²) < 4.78 is 7.06. The molecular weight excluding hydrogens is 384 g/mol. The lowest BCUT2D eigenvalue weighted by atomic mass is 9.84. The summed E-state index contributed by atoms with van der Waals surface area (Å²) in [6, 6.07) is 0. The Morgan fingerprint density at radius 3 is 2.57 bits per heavy atom. The highest BCUT2D eigenvalue weighted by Crippen LogP contribution is 2.31. The molecule has 1 aliphatic rings. The maximum atomic E-state index is 11.3. The van der Waals surface area contributed by atoms with Gasteiger partial charge in [-0.3, -0.25) is 4.79 Å². The van der Waals surface area contributed by atoms with E-state index in [1.165, 1.54) is 32.1 Å². The summed E-state index contributed by atoms with van der Waals surface area (Å²) in [7, 11) is 0. The molecule has 9 nitrogen and oxygen atoms in total. The minimum absolute atomic E-state index is 0.0173. The van der Waals surface area contributed by atoms with Crippen molar-refractivity contribution in [3.05, 3.63) is 5.89 Å². The number of aromatic nitrogens is 6. The first-order valence-corrected chi connectivity index (χ1v) is 11.2. The van der Waals surface area contributed by atoms with Crippen LogP contribution in [-0.4, -0.2) is 41.4 Å². The highest BCUT2D eigenvalue weighted by atomic mass is 16.5. The zero-order valence-corrected chi connectivity index (χ0v) is 19.0. The predicted molar refractivity (Wildman–Crippen MR) is 113 cm³/mol. The van der Waals surface area contributed by atoms with Gasteiger partial charge in [0.15, 0.2) is 0 Å². The van der Waals surface area contributed by atoms with Crippen molar-refractivity contribution in [2.75, 3.05) is 0 Å². The van der Waals surface area contributed by atoms with Gasteiger partial charge in [-0.15, -0.1) is 5.10 Å². The summed E-state index contributed by atoms with van der Waals surface area (Å²) in [5, 5.41) is 25.1. The molecule has 0 radical (unpaired) electrons. The Labute approximate surface area is 178 Å². The lowest BCUT2D eigenvalue weighted by molar-refractivity contribution is -0.137. The van der Waals surface area contributed by atoms with E-state index in [-0.39, 0.29) is 23.7 Å². The van der Waals surface area contributed by atoms with Gasteiger partial charge in [0.2, 0.25) is 17.5 Å². The molecule has 0 aromatic carbocycles. The number of hydrogen-bond donors (Lipinski definition) is 1. The first kappa shape index (κ1) is 24.0. The van der Waals surface area contributed by atoms with E-state index < -0.39 is 5.97 Å². The fraction of sp³-hybridized carbons (Fsp3) is 0.810. The molecule has 1 fully saturated rings. The number of tetrazole rings is 1. The molecule has 0 aliphatic heterocycles. The zero-order valence-electron chi connectivity index (χ0n) is 19.0. The molecule has 3 rings (SSSR count). The Morgan fingerprint density at radius 2 is 1.93 bits per heavy atom. The molecule has 0 amide bonds. The molecule has 9 heteroatoms. The molecule has 0 bridgehead atoms. The van der Waals surface area contributed by atoms with Gasteiger partial charge in [0.05, 0.1) is 12.0 Å². The van der Waals surface area contributed by atoms with Crippen LogP contribution in [-0.2, 0) is 10.3 Å². The van der Waals surface area contributed by atoms with E-state index in [0.29, 0.717) is 11.7 Å². The third-order valence-corrected chi connectivity index (χ3v) is 5.41. The van der Waals surface area contributed by atoms with Gasteiger partial charge in [-0.05, 0) is 43.5 Å². The van der Waals surface area contributed by atoms with Gasteiger partial charge in [0.1, 0.15) is 0 Å². The highest BCUT2D eigenvalue weighted by Gasteiger charge is 2.27. The van der Waals surface area contributed by atoms with Crippen molar-refractivity contribution in [1.82, 2.24) is 30.3 Å². The average Bonchev–Trinajstić information content (AvgIpc) is 3.38. The normalized spacial score (nSPS) is 16.0. The third-order valence-electron chi connectivity index (χ3n) is 5.41. The number of nitrogens with zero attached hydrogens (tertiary/aromatic N) is 6. The van der Waals surface area contributed by atoms with Crippen LogP contribution in [0, 0.1) is 5.92 Å². The first-order valence-electron chi connectivity index (χ1n) is 11.2. The topological polar surface area (TPSA) is 120 Å². The quantitative estimate of drug-likeness (QED) is 0.646. The van der Waals surface area contributed by atoms with E-state index in [1.807, 2.05) is 34.6 Å². The summed E-state index contributed by atoms with van der Waals surface area (Å²) in [4.78, 5) is 15.8. The van der Waals surface area contributed by atoms with Crippen LogP contribution in [0.2, 0.25) is 0 Å². The molecule has 1 unspecified atom stereocenters. The van der Waals surface area contributed by atoms with Crippen LogP contribution < -0.4 is 0 Å². The van der Waals surface area contributed by atoms with E-state index >= 15 is 0 Å². The lowest BCUT2D eigenvalue weighted by Crippen LogP contribution is -2.24. The highest BCUT2D eigenvalue weighted by molar-refractivity contribution is 5.67. The molecule has 0 saturated heterocycles. The Kier molecular flexibility index (Phi) is 8.92. The molecule has 1 N–H and O–H groups in total. The van der Waals surface area contributed by atoms with E-state index in [9.17, 15) is 9.90 Å². The number of rotatable bonds is 8. The maximum absolute atomic E-state index is 11.3. The van der Waals surface area contributed by atoms with Crippen LogP contribution in [0.3, 0.4) is 0 Å². The largest absolute Gasteiger partial charge is 0.481 e. The van der Waals surface area contributed by atoms with Gasteiger partial charge >= 0.3 is 5.97 Å². The van der Waals surface area contributed by atoms with Crippen molar-refractivity contribution in [3.8, 4) is 11.6 Å². The number of carbonyl (C=O) groups is 1. The second-order valence-electron chi connectivity index (χ2n) is 8.77. The Morgan fingerprint density at radius 1 is 1.23 bits per heavy atom. The molecule has 2 aromatic heterocycles. The van der Waals surface area contributed by atoms with Crippen LogP contribution >= 0.6 is 0 Å². The van der Waals surface area contributed by atoms with Gasteiger partial charge in [-0.25, -0.2) is 4.68 Å². The number of aliphatic carboxylic acids is 1. The van der Waals surface area contributed by atoms with Crippen LogP contribution in [0.4, 0.5) is 0 Å². The fourth-order valence-corrected chi connectivity index (χ4v) is 3.92. The summed E-state index contributed by atoms with van der Waals surface area (Å²) >= 11 is 0. The molecule has 1 saturated carbocycles. The molecule has 168 valence electrons. The molecule has 2 aromatic rings. The summed E-state index contributed by atoms with van der Waals surface area (Å²) in [5.41, 5.74) is -0.333. The Balaban J connectivity index is 0.00000155. The second-order valence-corrected chi connectivity index (χ2v) is 8.77. The van der Waals surface area contributed by atoms with Gasteiger partial charge in [-0.1, -0.05) is 63.9 Å². The minimum atomic E-state index is -0.859. The van der Waals surface area contributed by atoms with Crippen molar-refractivity contribution in [1.29, 1.82) is 0 Å². The van der Waals surface area contributed by atoms with Crippen molar-refractivity contribution < 1.29 is 14.4 Å². The van der Waals surface area contributed by atoms with Crippen LogP contribution in [0.5, 0.6) is 0 Å². The van der Waals surface area contributed by atoms with Crippen LogP contribution in [0.25, 0.3) is 11.6 Å². The van der Waals surface area contributed by atoms with Crippen molar-refractivity contribution >= 4 is 5.97 Å². The van der Waals surface area contributed by atoms with Gasteiger partial charge in [-0.2, -0.15) is 4.98 Å². The summed E-state index contributed by atoms with van der Waals surface area (Å²) in [6.45, 7) is 9.94. The van der Waals surface area contributed by atoms with E-state index in [4.69, 9.17) is 4.52 Å². The number of hydrogen-bond acceptors (Lipinski definition) is 7. The summed E-state index contributed by atoms with van der Waals surface area (Å²) in [6.07, 6.45) is 9.40.